The van der Waals surface area contributed by atoms with E-state index in [1.165, 1.54) is 37.1 Å². The van der Waals surface area contributed by atoms with Crippen molar-refractivity contribution in [3.63, 3.8) is 0 Å². The van der Waals surface area contributed by atoms with Crippen LogP contribution in [-0.2, 0) is 9.59 Å². The van der Waals surface area contributed by atoms with Crippen molar-refractivity contribution >= 4 is 17.6 Å². The number of nitrogens with zero attached hydrogens (tertiary/aromatic N) is 2. The average molecular weight is 338 g/mol. The summed E-state index contributed by atoms with van der Waals surface area (Å²) in [5.41, 5.74) is -1.44. The number of carbonyl (C=O) groups is 2. The van der Waals surface area contributed by atoms with Gasteiger partial charge in [-0.1, -0.05) is 0 Å². The number of carbonyl (C=O) groups excluding carboxylic acids is 1. The van der Waals surface area contributed by atoms with Crippen molar-refractivity contribution in [1.29, 1.82) is 0 Å². The Bertz CT molecular complexity index is 676. The third kappa shape index (κ3) is 3.24. The van der Waals surface area contributed by atoms with Crippen LogP contribution in [0.15, 0.2) is 18.2 Å². The first-order valence-electron chi connectivity index (χ1n) is 7.28. The van der Waals surface area contributed by atoms with Gasteiger partial charge in [0.2, 0.25) is 5.75 Å². The van der Waals surface area contributed by atoms with Gasteiger partial charge in [-0.3, -0.25) is 14.9 Å². The van der Waals surface area contributed by atoms with Gasteiger partial charge < -0.3 is 19.5 Å². The van der Waals surface area contributed by atoms with E-state index in [0.29, 0.717) is 19.4 Å². The van der Waals surface area contributed by atoms with Crippen molar-refractivity contribution in [2.45, 2.75) is 25.3 Å². The second-order valence-electron chi connectivity index (χ2n) is 5.61. The lowest BCUT2D eigenvalue weighted by Crippen LogP contribution is -2.52. The first kappa shape index (κ1) is 17.5. The number of carboxylic acid groups (broad SMARTS) is 1. The molecule has 0 spiro atoms. The Kier molecular flexibility index (Phi) is 4.91. The van der Waals surface area contributed by atoms with Gasteiger partial charge >= 0.3 is 11.7 Å². The van der Waals surface area contributed by atoms with E-state index in [2.05, 4.69) is 0 Å². The number of amides is 1. The van der Waals surface area contributed by atoms with Gasteiger partial charge in [0.15, 0.2) is 6.61 Å². The first-order valence-corrected chi connectivity index (χ1v) is 7.28. The number of hydrogen-bond donors (Lipinski definition) is 1. The molecule has 24 heavy (non-hydrogen) atoms. The van der Waals surface area contributed by atoms with Crippen LogP contribution in [0.2, 0.25) is 0 Å². The summed E-state index contributed by atoms with van der Waals surface area (Å²) < 4.78 is 10.3. The van der Waals surface area contributed by atoms with Crippen molar-refractivity contribution in [3.8, 4) is 11.5 Å². The summed E-state index contributed by atoms with van der Waals surface area (Å²) >= 11 is 0. The first-order chi connectivity index (χ1) is 11.3. The predicted octanol–water partition coefficient (Wildman–Crippen LogP) is 1.45. The Morgan fingerprint density at radius 1 is 1.46 bits per heavy atom. The highest BCUT2D eigenvalue weighted by Crippen LogP contribution is 2.32. The summed E-state index contributed by atoms with van der Waals surface area (Å²) in [6.45, 7) is 1.51. The van der Waals surface area contributed by atoms with Crippen LogP contribution in [0.3, 0.4) is 0 Å². The monoisotopic (exact) mass is 338 g/mol. The molecule has 9 heteroatoms. The Morgan fingerprint density at radius 2 is 2.17 bits per heavy atom. The maximum absolute atomic E-state index is 12.3. The van der Waals surface area contributed by atoms with Crippen LogP contribution in [0, 0.1) is 10.1 Å². The lowest BCUT2D eigenvalue weighted by atomic mass is 9.99. The van der Waals surface area contributed by atoms with Crippen LogP contribution in [0.4, 0.5) is 5.69 Å². The van der Waals surface area contributed by atoms with E-state index in [9.17, 15) is 24.8 Å². The van der Waals surface area contributed by atoms with E-state index >= 15 is 0 Å². The number of aliphatic carboxylic acids is 1. The van der Waals surface area contributed by atoms with E-state index in [4.69, 9.17) is 9.47 Å². The van der Waals surface area contributed by atoms with Crippen LogP contribution >= 0.6 is 0 Å². The summed E-state index contributed by atoms with van der Waals surface area (Å²) in [4.78, 5) is 35.2. The molecule has 1 aliphatic heterocycles. The van der Waals surface area contributed by atoms with Gasteiger partial charge in [0, 0.05) is 18.7 Å². The maximum Gasteiger partial charge on any atom is 0.329 e. The highest BCUT2D eigenvalue weighted by Gasteiger charge is 2.45. The number of benzene rings is 1. The molecule has 0 bridgehead atoms. The van der Waals surface area contributed by atoms with Gasteiger partial charge in [0.1, 0.15) is 11.3 Å². The maximum atomic E-state index is 12.3. The molecule has 1 aromatic rings. The van der Waals surface area contributed by atoms with Crippen LogP contribution in [0.5, 0.6) is 11.5 Å². The highest BCUT2D eigenvalue weighted by molar-refractivity contribution is 5.88. The molecule has 0 saturated carbocycles. The quantitative estimate of drug-likeness (QED) is 0.615. The van der Waals surface area contributed by atoms with Crippen molar-refractivity contribution in [1.82, 2.24) is 4.90 Å². The molecule has 1 fully saturated rings. The second kappa shape index (κ2) is 6.73. The van der Waals surface area contributed by atoms with Crippen molar-refractivity contribution in [3.05, 3.63) is 28.3 Å². The van der Waals surface area contributed by atoms with Gasteiger partial charge in [-0.15, -0.1) is 0 Å². The van der Waals surface area contributed by atoms with E-state index in [1.807, 2.05) is 0 Å². The van der Waals surface area contributed by atoms with E-state index in [0.717, 1.165) is 0 Å². The van der Waals surface area contributed by atoms with Crippen LogP contribution in [-0.4, -0.2) is 52.6 Å². The van der Waals surface area contributed by atoms with Crippen molar-refractivity contribution < 1.29 is 29.1 Å². The van der Waals surface area contributed by atoms with E-state index < -0.39 is 22.3 Å². The van der Waals surface area contributed by atoms with Gasteiger partial charge in [-0.2, -0.15) is 0 Å². The van der Waals surface area contributed by atoms with Gasteiger partial charge in [-0.05, 0) is 25.8 Å². The van der Waals surface area contributed by atoms with Gasteiger partial charge in [0.05, 0.1) is 12.0 Å². The minimum absolute atomic E-state index is 0.0153. The van der Waals surface area contributed by atoms with Gasteiger partial charge in [0.25, 0.3) is 5.91 Å². The molecule has 0 radical (unpaired) electrons. The molecule has 1 aromatic carbocycles. The topological polar surface area (TPSA) is 119 Å². The number of nitro benzene ring substituents is 1. The van der Waals surface area contributed by atoms with Crippen LogP contribution in [0.1, 0.15) is 19.8 Å². The lowest BCUT2D eigenvalue weighted by molar-refractivity contribution is -0.385. The zero-order valence-corrected chi connectivity index (χ0v) is 13.4. The Hall–Kier alpha value is -2.84. The number of nitro groups is 1. The molecule has 130 valence electrons. The Labute approximate surface area is 137 Å². The van der Waals surface area contributed by atoms with Crippen molar-refractivity contribution in [2.24, 2.45) is 0 Å². The highest BCUT2D eigenvalue weighted by atomic mass is 16.6. The molecule has 1 saturated heterocycles. The fraction of sp³-hybridized carbons (Fsp3) is 0.467. The van der Waals surface area contributed by atoms with E-state index in [1.54, 1.807) is 0 Å². The summed E-state index contributed by atoms with van der Waals surface area (Å²) in [6, 6.07) is 3.88. The largest absolute Gasteiger partial charge is 0.490 e. The summed E-state index contributed by atoms with van der Waals surface area (Å²) in [7, 11) is 1.29. The summed E-state index contributed by atoms with van der Waals surface area (Å²) in [6.07, 6.45) is 0.999. The van der Waals surface area contributed by atoms with Crippen molar-refractivity contribution in [2.75, 3.05) is 20.3 Å². The molecule has 1 unspecified atom stereocenters. The molecule has 1 heterocycles. The zero-order chi connectivity index (χ0) is 17.9. The average Bonchev–Trinajstić information content (AvgIpc) is 2.95. The molecule has 1 aliphatic rings. The zero-order valence-electron chi connectivity index (χ0n) is 13.4. The second-order valence-corrected chi connectivity index (χ2v) is 5.61. The summed E-state index contributed by atoms with van der Waals surface area (Å²) in [5, 5.41) is 20.1. The molecule has 0 aliphatic carbocycles. The van der Waals surface area contributed by atoms with E-state index in [-0.39, 0.29) is 23.8 Å². The molecular weight excluding hydrogens is 320 g/mol. The lowest BCUT2D eigenvalue weighted by Gasteiger charge is -2.31. The normalized spacial score (nSPS) is 19.8. The fourth-order valence-electron chi connectivity index (χ4n) is 2.71. The van der Waals surface area contributed by atoms with Crippen LogP contribution < -0.4 is 9.47 Å². The minimum Gasteiger partial charge on any atom is -0.490 e. The smallest absolute Gasteiger partial charge is 0.329 e. The summed E-state index contributed by atoms with van der Waals surface area (Å²) in [5.74, 6) is -1.26. The number of methoxy groups -OCH3 is 1. The molecular formula is C15H18N2O7. The Balaban J connectivity index is 2.07. The molecule has 1 atom stereocenters. The van der Waals surface area contributed by atoms with Crippen LogP contribution in [0.25, 0.3) is 0 Å². The third-order valence-corrected chi connectivity index (χ3v) is 4.11. The Morgan fingerprint density at radius 3 is 2.75 bits per heavy atom. The van der Waals surface area contributed by atoms with Gasteiger partial charge in [-0.25, -0.2) is 4.79 Å². The SMILES string of the molecule is COc1cc(OCC(=O)N2CCCC2(C)C(=O)O)ccc1[N+](=O)[O-]. The molecule has 2 rings (SSSR count). The standard InChI is InChI=1S/C15H18N2O7/c1-15(14(19)20)6-3-7-16(15)13(18)9-24-10-4-5-11(17(21)22)12(8-10)23-2/h4-5,8H,3,6-7,9H2,1-2H3,(H,19,20). The molecule has 0 aromatic heterocycles. The molecule has 9 nitrogen and oxygen atoms in total. The molecule has 1 N–H and O–H groups in total. The number of hydrogen-bond acceptors (Lipinski definition) is 6. The minimum atomic E-state index is -1.23. The number of rotatable bonds is 6. The predicted molar refractivity (Wildman–Crippen MR) is 82.1 cm³/mol. The molecule has 1 amide bonds. The third-order valence-electron chi connectivity index (χ3n) is 4.11. The number of likely N-dealkylation sites (tertiary alicyclic amines) is 1. The number of carboxylic acids is 1. The number of ether oxygens (including phenoxy) is 2. The fourth-order valence-corrected chi connectivity index (χ4v) is 2.71.